The molecule has 1 heterocycles. The second-order valence-corrected chi connectivity index (χ2v) is 5.28. The fraction of sp³-hybridized carbons (Fsp3) is 0.357. The zero-order valence-corrected chi connectivity index (χ0v) is 12.0. The maximum atomic E-state index is 10.6. The van der Waals surface area contributed by atoms with Crippen molar-refractivity contribution in [3.05, 3.63) is 34.7 Å². The van der Waals surface area contributed by atoms with Crippen molar-refractivity contribution in [1.29, 1.82) is 0 Å². The molecule has 5 nitrogen and oxygen atoms in total. The average molecular weight is 295 g/mol. The second kappa shape index (κ2) is 6.05. The molecule has 20 heavy (non-hydrogen) atoms. The van der Waals surface area contributed by atoms with Crippen molar-refractivity contribution < 1.29 is 14.3 Å². The Bertz CT molecular complexity index is 625. The average Bonchev–Trinajstić information content (AvgIpc) is 2.80. The Hall–Kier alpha value is -1.88. The SMILES string of the molecule is Cc1ccc(-c2nnc(CC(C)CC(=O)O)o2)cc1Cl. The maximum absolute atomic E-state index is 10.6. The third kappa shape index (κ3) is 3.57. The van der Waals surface area contributed by atoms with Crippen molar-refractivity contribution in [1.82, 2.24) is 10.2 Å². The zero-order chi connectivity index (χ0) is 14.7. The molecule has 0 radical (unpaired) electrons. The van der Waals surface area contributed by atoms with E-state index in [1.165, 1.54) is 0 Å². The highest BCUT2D eigenvalue weighted by atomic mass is 35.5. The molecule has 0 amide bonds. The van der Waals surface area contributed by atoms with E-state index in [1.807, 2.05) is 26.0 Å². The first kappa shape index (κ1) is 14.5. The maximum Gasteiger partial charge on any atom is 0.303 e. The minimum absolute atomic E-state index is 0.0533. The van der Waals surface area contributed by atoms with E-state index in [4.69, 9.17) is 21.1 Å². The van der Waals surface area contributed by atoms with E-state index < -0.39 is 5.97 Å². The molecule has 1 unspecified atom stereocenters. The Balaban J connectivity index is 2.12. The number of benzene rings is 1. The first-order valence-electron chi connectivity index (χ1n) is 6.26. The quantitative estimate of drug-likeness (QED) is 0.915. The molecule has 0 fully saturated rings. The lowest BCUT2D eigenvalue weighted by Crippen LogP contribution is -2.07. The Morgan fingerprint density at radius 3 is 2.85 bits per heavy atom. The number of nitrogens with zero attached hydrogens (tertiary/aromatic N) is 2. The van der Waals surface area contributed by atoms with Crippen LogP contribution in [-0.2, 0) is 11.2 Å². The lowest BCUT2D eigenvalue weighted by atomic mass is 10.0. The van der Waals surface area contributed by atoms with Gasteiger partial charge < -0.3 is 9.52 Å². The summed E-state index contributed by atoms with van der Waals surface area (Å²) in [5.74, 6) is -0.0557. The molecule has 2 aromatic rings. The van der Waals surface area contributed by atoms with Gasteiger partial charge in [0.25, 0.3) is 0 Å². The highest BCUT2D eigenvalue weighted by Gasteiger charge is 2.14. The molecule has 6 heteroatoms. The van der Waals surface area contributed by atoms with Crippen molar-refractivity contribution in [3.63, 3.8) is 0 Å². The molecule has 0 aliphatic rings. The Morgan fingerprint density at radius 2 is 2.20 bits per heavy atom. The number of carboxylic acid groups (broad SMARTS) is 1. The van der Waals surface area contributed by atoms with Crippen LogP contribution in [-0.4, -0.2) is 21.3 Å². The fourth-order valence-electron chi connectivity index (χ4n) is 1.85. The lowest BCUT2D eigenvalue weighted by molar-refractivity contribution is -0.137. The van der Waals surface area contributed by atoms with Gasteiger partial charge in [0.15, 0.2) is 0 Å². The van der Waals surface area contributed by atoms with E-state index in [0.717, 1.165) is 11.1 Å². The minimum Gasteiger partial charge on any atom is -0.481 e. The van der Waals surface area contributed by atoms with Crippen LogP contribution in [0, 0.1) is 12.8 Å². The summed E-state index contributed by atoms with van der Waals surface area (Å²) in [7, 11) is 0. The normalized spacial score (nSPS) is 12.3. The summed E-state index contributed by atoms with van der Waals surface area (Å²) in [5, 5.41) is 17.3. The van der Waals surface area contributed by atoms with Gasteiger partial charge >= 0.3 is 5.97 Å². The van der Waals surface area contributed by atoms with Crippen LogP contribution >= 0.6 is 11.6 Å². The van der Waals surface area contributed by atoms with Crippen LogP contribution in [0.1, 0.15) is 24.8 Å². The smallest absolute Gasteiger partial charge is 0.303 e. The van der Waals surface area contributed by atoms with Crippen molar-refractivity contribution in [2.75, 3.05) is 0 Å². The van der Waals surface area contributed by atoms with Crippen LogP contribution in [0.25, 0.3) is 11.5 Å². The molecule has 1 aromatic heterocycles. The summed E-state index contributed by atoms with van der Waals surface area (Å²) in [6, 6.07) is 5.52. The number of aromatic nitrogens is 2. The molecule has 0 bridgehead atoms. The number of aryl methyl sites for hydroxylation is 1. The van der Waals surface area contributed by atoms with Gasteiger partial charge in [0.2, 0.25) is 11.8 Å². The summed E-state index contributed by atoms with van der Waals surface area (Å²) in [6.07, 6.45) is 0.521. The van der Waals surface area contributed by atoms with Crippen molar-refractivity contribution in [2.24, 2.45) is 5.92 Å². The number of aliphatic carboxylic acids is 1. The standard InChI is InChI=1S/C14H15ClN2O3/c1-8(6-13(18)19)5-12-16-17-14(20-12)10-4-3-9(2)11(15)7-10/h3-4,7-8H,5-6H2,1-2H3,(H,18,19). The molecule has 0 aliphatic heterocycles. The van der Waals surface area contributed by atoms with E-state index in [-0.39, 0.29) is 12.3 Å². The third-order valence-corrected chi connectivity index (χ3v) is 3.34. The monoisotopic (exact) mass is 294 g/mol. The second-order valence-electron chi connectivity index (χ2n) is 4.87. The topological polar surface area (TPSA) is 76.2 Å². The van der Waals surface area contributed by atoms with Gasteiger partial charge in [0, 0.05) is 23.4 Å². The van der Waals surface area contributed by atoms with Crippen molar-refractivity contribution in [3.8, 4) is 11.5 Å². The molecule has 1 N–H and O–H groups in total. The molecule has 0 spiro atoms. The Morgan fingerprint density at radius 1 is 1.45 bits per heavy atom. The van der Waals surface area contributed by atoms with Crippen molar-refractivity contribution in [2.45, 2.75) is 26.7 Å². The predicted molar refractivity (Wildman–Crippen MR) is 74.6 cm³/mol. The number of rotatable bonds is 5. The van der Waals surface area contributed by atoms with E-state index in [2.05, 4.69) is 10.2 Å². The van der Waals surface area contributed by atoms with E-state index in [1.54, 1.807) is 6.07 Å². The van der Waals surface area contributed by atoms with Crippen LogP contribution in [0.5, 0.6) is 0 Å². The van der Waals surface area contributed by atoms with Gasteiger partial charge in [0.05, 0.1) is 0 Å². The first-order chi connectivity index (χ1) is 9.45. The number of carbonyl (C=O) groups is 1. The Kier molecular flexibility index (Phi) is 4.39. The largest absolute Gasteiger partial charge is 0.481 e. The summed E-state index contributed by atoms with van der Waals surface area (Å²) in [5.41, 5.74) is 1.73. The molecule has 0 aliphatic carbocycles. The molecule has 2 rings (SSSR count). The molecular formula is C14H15ClN2O3. The molecule has 1 aromatic carbocycles. The van der Waals surface area contributed by atoms with Crippen LogP contribution in [0.2, 0.25) is 5.02 Å². The van der Waals surface area contributed by atoms with Gasteiger partial charge in [0.1, 0.15) is 0 Å². The van der Waals surface area contributed by atoms with Gasteiger partial charge in [-0.1, -0.05) is 24.6 Å². The van der Waals surface area contributed by atoms with Crippen LogP contribution in [0.15, 0.2) is 22.6 Å². The molecule has 0 saturated heterocycles. The highest BCUT2D eigenvalue weighted by molar-refractivity contribution is 6.31. The number of hydrogen-bond donors (Lipinski definition) is 1. The number of hydrogen-bond acceptors (Lipinski definition) is 4. The summed E-state index contributed by atoms with van der Waals surface area (Å²) >= 11 is 6.06. The van der Waals surface area contributed by atoms with Gasteiger partial charge in [-0.3, -0.25) is 4.79 Å². The predicted octanol–water partition coefficient (Wildman–Crippen LogP) is 3.35. The van der Waals surface area contributed by atoms with E-state index >= 15 is 0 Å². The summed E-state index contributed by atoms with van der Waals surface area (Å²) in [4.78, 5) is 10.6. The number of halogens is 1. The zero-order valence-electron chi connectivity index (χ0n) is 11.3. The lowest BCUT2D eigenvalue weighted by Gasteiger charge is -2.03. The highest BCUT2D eigenvalue weighted by Crippen LogP contribution is 2.25. The van der Waals surface area contributed by atoms with Crippen LogP contribution < -0.4 is 0 Å². The first-order valence-corrected chi connectivity index (χ1v) is 6.64. The van der Waals surface area contributed by atoms with Gasteiger partial charge in [-0.2, -0.15) is 0 Å². The number of carboxylic acids is 1. The molecule has 1 atom stereocenters. The fourth-order valence-corrected chi connectivity index (χ4v) is 2.03. The van der Waals surface area contributed by atoms with Gasteiger partial charge in [-0.05, 0) is 30.5 Å². The summed E-state index contributed by atoms with van der Waals surface area (Å²) < 4.78 is 5.54. The summed E-state index contributed by atoms with van der Waals surface area (Å²) in [6.45, 7) is 3.75. The van der Waals surface area contributed by atoms with Crippen molar-refractivity contribution >= 4 is 17.6 Å². The van der Waals surface area contributed by atoms with Gasteiger partial charge in [-0.25, -0.2) is 0 Å². The van der Waals surface area contributed by atoms with Crippen LogP contribution in [0.3, 0.4) is 0 Å². The minimum atomic E-state index is -0.831. The Labute approximate surface area is 121 Å². The molecular weight excluding hydrogens is 280 g/mol. The van der Waals surface area contributed by atoms with E-state index in [0.29, 0.717) is 23.2 Å². The van der Waals surface area contributed by atoms with Crippen LogP contribution in [0.4, 0.5) is 0 Å². The molecule has 0 saturated carbocycles. The van der Waals surface area contributed by atoms with E-state index in [9.17, 15) is 4.79 Å². The third-order valence-electron chi connectivity index (χ3n) is 2.93. The van der Waals surface area contributed by atoms with Gasteiger partial charge in [-0.15, -0.1) is 10.2 Å². The molecule has 106 valence electrons.